The molecule has 0 atom stereocenters. The Morgan fingerprint density at radius 3 is 2.31 bits per heavy atom. The van der Waals surface area contributed by atoms with Crippen molar-refractivity contribution < 1.29 is 9.59 Å². The minimum Gasteiger partial charge on any atom is -0.266 e. The summed E-state index contributed by atoms with van der Waals surface area (Å²) in [5, 5.41) is 0.327. The van der Waals surface area contributed by atoms with Crippen LogP contribution in [0.1, 0.15) is 10.4 Å². The highest BCUT2D eigenvalue weighted by atomic mass is 35.5. The van der Waals surface area contributed by atoms with E-state index in [1.54, 1.807) is 6.07 Å². The van der Waals surface area contributed by atoms with Crippen molar-refractivity contribution in [2.24, 2.45) is 4.99 Å². The Balaban J connectivity index is 3.27. The maximum absolute atomic E-state index is 11.1. The second-order valence-corrected chi connectivity index (χ2v) is 2.92. The summed E-state index contributed by atoms with van der Waals surface area (Å²) in [6.45, 7) is 0. The molecule has 1 aromatic rings. The van der Waals surface area contributed by atoms with Crippen LogP contribution in [0.3, 0.4) is 0 Å². The lowest BCUT2D eigenvalue weighted by Crippen LogP contribution is -1.96. The molecule has 0 N–H and O–H groups in total. The average Bonchev–Trinajstić information content (AvgIpc) is 2.04. The number of benzene rings is 1. The molecule has 1 amide bonds. The second-order valence-electron chi connectivity index (χ2n) is 2.10. The minimum absolute atomic E-state index is 0.0224. The number of hydrogen-bond donors (Lipinski definition) is 0. The fraction of sp³-hybridized carbons (Fsp3) is 0. The van der Waals surface area contributed by atoms with E-state index in [2.05, 4.69) is 4.99 Å². The molecule has 0 radical (unpaired) electrons. The molecule has 1 aromatic carbocycles. The number of halogens is 2. The summed E-state index contributed by atoms with van der Waals surface area (Å²) in [4.78, 5) is 23.8. The van der Waals surface area contributed by atoms with E-state index in [4.69, 9.17) is 23.2 Å². The Morgan fingerprint density at radius 2 is 1.85 bits per heavy atom. The maximum Gasteiger partial charge on any atom is 0.290 e. The molecule has 3 nitrogen and oxygen atoms in total. The van der Waals surface area contributed by atoms with E-state index in [9.17, 15) is 9.59 Å². The van der Waals surface area contributed by atoms with Gasteiger partial charge >= 0.3 is 0 Å². The Bertz CT molecular complexity index is 377. The van der Waals surface area contributed by atoms with E-state index in [0.717, 1.165) is 6.08 Å². The fourth-order valence-corrected chi connectivity index (χ4v) is 1.36. The SMILES string of the molecule is O=C=NC(=O)c1c(Cl)cccc1Cl. The summed E-state index contributed by atoms with van der Waals surface area (Å²) in [6.07, 6.45) is 1.13. The van der Waals surface area contributed by atoms with Crippen LogP contribution >= 0.6 is 23.2 Å². The lowest BCUT2D eigenvalue weighted by molar-refractivity contribution is 0.100. The van der Waals surface area contributed by atoms with Crippen LogP contribution in [0, 0.1) is 0 Å². The first-order valence-electron chi connectivity index (χ1n) is 3.23. The quantitative estimate of drug-likeness (QED) is 0.534. The summed E-state index contributed by atoms with van der Waals surface area (Å²) in [6, 6.07) is 4.56. The third kappa shape index (κ3) is 2.16. The summed E-state index contributed by atoms with van der Waals surface area (Å²) in [5.41, 5.74) is 0.0224. The molecule has 0 saturated carbocycles. The van der Waals surface area contributed by atoms with Gasteiger partial charge in [-0.15, -0.1) is 4.99 Å². The Labute approximate surface area is 84.0 Å². The lowest BCUT2D eigenvalue weighted by atomic mass is 10.2. The number of hydrogen-bond acceptors (Lipinski definition) is 2. The van der Waals surface area contributed by atoms with Gasteiger partial charge in [-0.1, -0.05) is 29.3 Å². The molecule has 0 fully saturated rings. The highest BCUT2D eigenvalue weighted by Gasteiger charge is 2.12. The predicted octanol–water partition coefficient (Wildman–Crippen LogP) is 2.47. The fourth-order valence-electron chi connectivity index (χ4n) is 0.799. The molecule has 1 rings (SSSR count). The molecule has 66 valence electrons. The van der Waals surface area contributed by atoms with Gasteiger partial charge in [-0.25, -0.2) is 4.79 Å². The van der Waals surface area contributed by atoms with Gasteiger partial charge in [0.15, 0.2) is 0 Å². The van der Waals surface area contributed by atoms with Gasteiger partial charge in [-0.05, 0) is 12.1 Å². The number of aliphatic imine (C=N–C) groups is 1. The van der Waals surface area contributed by atoms with Gasteiger partial charge < -0.3 is 0 Å². The van der Waals surface area contributed by atoms with Crippen LogP contribution in [0.2, 0.25) is 10.0 Å². The topological polar surface area (TPSA) is 46.5 Å². The van der Waals surface area contributed by atoms with Crippen molar-refractivity contribution in [3.63, 3.8) is 0 Å². The van der Waals surface area contributed by atoms with Crippen LogP contribution in [-0.4, -0.2) is 12.0 Å². The normalized spacial score (nSPS) is 9.08. The van der Waals surface area contributed by atoms with Crippen LogP contribution in [0.5, 0.6) is 0 Å². The Hall–Kier alpha value is -1.15. The van der Waals surface area contributed by atoms with Gasteiger partial charge in [0.2, 0.25) is 6.08 Å². The molecular formula is C8H3Cl2NO2. The highest BCUT2D eigenvalue weighted by Crippen LogP contribution is 2.24. The number of amides is 1. The van der Waals surface area contributed by atoms with Crippen LogP contribution < -0.4 is 0 Å². The number of carbonyl (C=O) groups excluding carboxylic acids is 2. The molecule has 13 heavy (non-hydrogen) atoms. The lowest BCUT2D eigenvalue weighted by Gasteiger charge is -1.99. The molecule has 0 spiro atoms. The third-order valence-electron chi connectivity index (χ3n) is 1.32. The zero-order valence-corrected chi connectivity index (χ0v) is 7.76. The van der Waals surface area contributed by atoms with Crippen LogP contribution in [0.4, 0.5) is 0 Å². The zero-order valence-electron chi connectivity index (χ0n) is 6.25. The second kappa shape index (κ2) is 4.19. The number of carbonyl (C=O) groups is 1. The molecule has 0 saturated heterocycles. The van der Waals surface area contributed by atoms with Gasteiger partial charge in [0.05, 0.1) is 15.6 Å². The third-order valence-corrected chi connectivity index (χ3v) is 1.95. The van der Waals surface area contributed by atoms with Gasteiger partial charge in [0.25, 0.3) is 5.91 Å². The van der Waals surface area contributed by atoms with Gasteiger partial charge in [0, 0.05) is 0 Å². The number of isocyanates is 1. The smallest absolute Gasteiger partial charge is 0.266 e. The van der Waals surface area contributed by atoms with E-state index in [1.807, 2.05) is 0 Å². The van der Waals surface area contributed by atoms with Crippen molar-refractivity contribution in [3.8, 4) is 0 Å². The van der Waals surface area contributed by atoms with Crippen molar-refractivity contribution in [1.82, 2.24) is 0 Å². The Morgan fingerprint density at radius 1 is 1.31 bits per heavy atom. The van der Waals surface area contributed by atoms with Crippen LogP contribution in [0.25, 0.3) is 0 Å². The minimum atomic E-state index is -0.786. The van der Waals surface area contributed by atoms with Crippen molar-refractivity contribution in [1.29, 1.82) is 0 Å². The van der Waals surface area contributed by atoms with Crippen LogP contribution in [0.15, 0.2) is 23.2 Å². The molecule has 0 aliphatic rings. The number of nitrogens with zero attached hydrogens (tertiary/aromatic N) is 1. The van der Waals surface area contributed by atoms with Gasteiger partial charge in [-0.3, -0.25) is 4.79 Å². The number of rotatable bonds is 1. The predicted molar refractivity (Wildman–Crippen MR) is 48.9 cm³/mol. The molecule has 0 aliphatic heterocycles. The molecule has 0 aliphatic carbocycles. The molecule has 0 heterocycles. The summed E-state index contributed by atoms with van der Waals surface area (Å²) >= 11 is 11.3. The molecule has 0 unspecified atom stereocenters. The van der Waals surface area contributed by atoms with Crippen molar-refractivity contribution in [3.05, 3.63) is 33.8 Å². The van der Waals surface area contributed by atoms with E-state index >= 15 is 0 Å². The first-order valence-corrected chi connectivity index (χ1v) is 3.98. The van der Waals surface area contributed by atoms with Gasteiger partial charge in [0.1, 0.15) is 0 Å². The van der Waals surface area contributed by atoms with E-state index < -0.39 is 5.91 Å². The van der Waals surface area contributed by atoms with Crippen molar-refractivity contribution in [2.75, 3.05) is 0 Å². The van der Waals surface area contributed by atoms with Crippen molar-refractivity contribution in [2.45, 2.75) is 0 Å². The average molecular weight is 216 g/mol. The van der Waals surface area contributed by atoms with Crippen molar-refractivity contribution >= 4 is 35.2 Å². The Kier molecular flexibility index (Phi) is 3.20. The van der Waals surface area contributed by atoms with E-state index in [0.29, 0.717) is 0 Å². The maximum atomic E-state index is 11.1. The summed E-state index contributed by atoms with van der Waals surface area (Å²) in [7, 11) is 0. The summed E-state index contributed by atoms with van der Waals surface area (Å²) < 4.78 is 0. The molecule has 0 aromatic heterocycles. The van der Waals surface area contributed by atoms with Gasteiger partial charge in [-0.2, -0.15) is 0 Å². The monoisotopic (exact) mass is 215 g/mol. The first kappa shape index (κ1) is 9.93. The van der Waals surface area contributed by atoms with E-state index in [-0.39, 0.29) is 15.6 Å². The largest absolute Gasteiger partial charge is 0.290 e. The standard InChI is InChI=1S/C8H3Cl2NO2/c9-5-2-1-3-6(10)7(5)8(13)11-4-12/h1-3H. The molecule has 0 bridgehead atoms. The first-order chi connectivity index (χ1) is 6.16. The highest BCUT2D eigenvalue weighted by molar-refractivity contribution is 6.39. The zero-order chi connectivity index (χ0) is 9.84. The molecular weight excluding hydrogens is 213 g/mol. The molecule has 5 heteroatoms. The summed E-state index contributed by atoms with van der Waals surface area (Å²) in [5.74, 6) is -0.786. The van der Waals surface area contributed by atoms with Crippen LogP contribution in [-0.2, 0) is 4.79 Å². The van der Waals surface area contributed by atoms with E-state index in [1.165, 1.54) is 12.1 Å².